The number of hydrogen-bond acceptors (Lipinski definition) is 4. The van der Waals surface area contributed by atoms with Crippen LogP contribution < -0.4 is 5.32 Å². The summed E-state index contributed by atoms with van der Waals surface area (Å²) in [6, 6.07) is 20.1. The Labute approximate surface area is 197 Å². The molecule has 0 spiro atoms. The van der Waals surface area contributed by atoms with Gasteiger partial charge in [0.2, 0.25) is 5.95 Å². The van der Waals surface area contributed by atoms with Gasteiger partial charge in [0.25, 0.3) is 0 Å². The normalized spacial score (nSPS) is 12.4. The molecule has 0 amide bonds. The van der Waals surface area contributed by atoms with Crippen molar-refractivity contribution in [2.45, 2.75) is 6.54 Å². The number of benzene rings is 3. The van der Waals surface area contributed by atoms with Gasteiger partial charge in [0.05, 0.1) is 23.6 Å². The van der Waals surface area contributed by atoms with Crippen LogP contribution in [0.5, 0.6) is 0 Å². The van der Waals surface area contributed by atoms with Crippen LogP contribution in [0.3, 0.4) is 0 Å². The van der Waals surface area contributed by atoms with Crippen molar-refractivity contribution in [2.75, 3.05) is 5.32 Å². The van der Waals surface area contributed by atoms with Gasteiger partial charge in [-0.1, -0.05) is 41.9 Å². The Morgan fingerprint density at radius 2 is 1.74 bits per heavy atom. The second-order valence-corrected chi connectivity index (χ2v) is 8.61. The number of nitrogens with one attached hydrogen (secondary N) is 1. The topological polar surface area (TPSA) is 50.2 Å². The molecule has 1 aromatic heterocycles. The smallest absolute Gasteiger partial charge is 0.227 e. The third kappa shape index (κ3) is 3.93. The van der Waals surface area contributed by atoms with Crippen molar-refractivity contribution >= 4 is 51.5 Å². The Hall–Kier alpha value is -2.84. The first-order valence-corrected chi connectivity index (χ1v) is 11.0. The fraction of sp³-hybridized carbons (Fsp3) is 0.0417. The summed E-state index contributed by atoms with van der Waals surface area (Å²) in [5.74, 6) is 0.156. The molecular weight excluding hydrogens is 526 g/mol. The van der Waals surface area contributed by atoms with E-state index >= 15 is 0 Å². The maximum Gasteiger partial charge on any atom is 0.227 e. The molecule has 4 nitrogen and oxygen atoms in total. The van der Waals surface area contributed by atoms with E-state index in [0.717, 1.165) is 31.6 Å². The number of hydrogen-bond donors (Lipinski definition) is 1. The molecule has 5 rings (SSSR count). The maximum absolute atomic E-state index is 14.6. The average Bonchev–Trinajstić information content (AvgIpc) is 2.92. The Morgan fingerprint density at radius 1 is 0.935 bits per heavy atom. The molecule has 0 unspecified atom stereocenters. The first kappa shape index (κ1) is 20.1. The fourth-order valence-electron chi connectivity index (χ4n) is 3.55. The van der Waals surface area contributed by atoms with Crippen molar-refractivity contribution in [3.05, 3.63) is 104 Å². The largest absolute Gasteiger partial charge is 0.323 e. The van der Waals surface area contributed by atoms with Gasteiger partial charge in [-0.15, -0.1) is 0 Å². The number of para-hydroxylation sites is 1. The summed E-state index contributed by atoms with van der Waals surface area (Å²) in [6.07, 6.45) is 1.77. The highest BCUT2D eigenvalue weighted by atomic mass is 127. The number of nitrogens with zero attached hydrogens (tertiary/aromatic N) is 3. The van der Waals surface area contributed by atoms with E-state index in [9.17, 15) is 4.39 Å². The van der Waals surface area contributed by atoms with Gasteiger partial charge in [0, 0.05) is 37.0 Å². The second kappa shape index (κ2) is 8.36. The Balaban J connectivity index is 1.64. The minimum Gasteiger partial charge on any atom is -0.323 e. The van der Waals surface area contributed by atoms with Crippen LogP contribution in [-0.2, 0) is 6.54 Å². The highest BCUT2D eigenvalue weighted by Gasteiger charge is 2.23. The van der Waals surface area contributed by atoms with Gasteiger partial charge in [0.15, 0.2) is 0 Å². The van der Waals surface area contributed by atoms with Crippen LogP contribution in [0.2, 0.25) is 5.02 Å². The van der Waals surface area contributed by atoms with E-state index in [1.54, 1.807) is 24.4 Å². The molecule has 1 aliphatic heterocycles. The summed E-state index contributed by atoms with van der Waals surface area (Å²) >= 11 is 8.58. The number of aliphatic imine (C=N–C) groups is 1. The van der Waals surface area contributed by atoms with Crippen LogP contribution in [-0.4, -0.2) is 15.7 Å². The monoisotopic (exact) mass is 540 g/mol. The molecule has 1 aliphatic rings. The molecule has 1 N–H and O–H groups in total. The third-order valence-electron chi connectivity index (χ3n) is 5.01. The molecule has 2 heterocycles. The zero-order valence-corrected chi connectivity index (χ0v) is 19.0. The lowest BCUT2D eigenvalue weighted by Crippen LogP contribution is -2.07. The number of halogens is 3. The first-order chi connectivity index (χ1) is 15.1. The van der Waals surface area contributed by atoms with Crippen LogP contribution in [0, 0.1) is 9.39 Å². The van der Waals surface area contributed by atoms with Crippen LogP contribution in [0.4, 0.5) is 16.0 Å². The van der Waals surface area contributed by atoms with Gasteiger partial charge in [-0.25, -0.2) is 14.4 Å². The molecule has 0 fully saturated rings. The van der Waals surface area contributed by atoms with Crippen molar-refractivity contribution in [2.24, 2.45) is 4.99 Å². The summed E-state index contributed by atoms with van der Waals surface area (Å²) in [4.78, 5) is 14.0. The molecule has 7 heteroatoms. The second-order valence-electron chi connectivity index (χ2n) is 7.01. The summed E-state index contributed by atoms with van der Waals surface area (Å²) in [7, 11) is 0. The SMILES string of the molecule is Fc1ccccc1C1=NCc2cnc(Nc3ccccc3I)nc2-c2ccc(Cl)cc21. The van der Waals surface area contributed by atoms with Crippen molar-refractivity contribution in [3.63, 3.8) is 0 Å². The molecule has 4 aromatic rings. The number of rotatable bonds is 3. The van der Waals surface area contributed by atoms with E-state index in [4.69, 9.17) is 21.6 Å². The van der Waals surface area contributed by atoms with E-state index in [0.29, 0.717) is 28.8 Å². The van der Waals surface area contributed by atoms with Gasteiger partial charge >= 0.3 is 0 Å². The van der Waals surface area contributed by atoms with Gasteiger partial charge < -0.3 is 5.32 Å². The zero-order chi connectivity index (χ0) is 21.4. The number of aromatic nitrogens is 2. The van der Waals surface area contributed by atoms with Crippen LogP contribution in [0.25, 0.3) is 11.3 Å². The third-order valence-corrected chi connectivity index (χ3v) is 6.19. The van der Waals surface area contributed by atoms with E-state index < -0.39 is 0 Å². The minimum absolute atomic E-state index is 0.328. The van der Waals surface area contributed by atoms with Crippen LogP contribution in [0.15, 0.2) is 77.9 Å². The van der Waals surface area contributed by atoms with E-state index in [2.05, 4.69) is 32.9 Å². The van der Waals surface area contributed by atoms with Gasteiger partial charge in [-0.3, -0.25) is 4.99 Å². The van der Waals surface area contributed by atoms with Gasteiger partial charge in [0.1, 0.15) is 5.82 Å². The van der Waals surface area contributed by atoms with Crippen molar-refractivity contribution in [1.82, 2.24) is 9.97 Å². The van der Waals surface area contributed by atoms with Crippen molar-refractivity contribution < 1.29 is 4.39 Å². The lowest BCUT2D eigenvalue weighted by Gasteiger charge is -2.13. The number of fused-ring (bicyclic) bond motifs is 3. The lowest BCUT2D eigenvalue weighted by molar-refractivity contribution is 0.625. The molecule has 0 saturated heterocycles. The summed E-state index contributed by atoms with van der Waals surface area (Å²) < 4.78 is 15.7. The number of anilines is 2. The van der Waals surface area contributed by atoms with E-state index in [-0.39, 0.29) is 5.82 Å². The summed E-state index contributed by atoms with van der Waals surface area (Å²) in [5.41, 5.74) is 5.12. The first-order valence-electron chi connectivity index (χ1n) is 9.57. The van der Waals surface area contributed by atoms with E-state index in [1.807, 2.05) is 42.5 Å². The van der Waals surface area contributed by atoms with Crippen LogP contribution in [0.1, 0.15) is 16.7 Å². The quantitative estimate of drug-likeness (QED) is 0.297. The molecule has 152 valence electrons. The van der Waals surface area contributed by atoms with Crippen LogP contribution >= 0.6 is 34.2 Å². The predicted molar refractivity (Wildman–Crippen MR) is 131 cm³/mol. The molecule has 0 atom stereocenters. The molecule has 31 heavy (non-hydrogen) atoms. The Kier molecular flexibility index (Phi) is 5.41. The van der Waals surface area contributed by atoms with E-state index in [1.165, 1.54) is 6.07 Å². The van der Waals surface area contributed by atoms with Crippen molar-refractivity contribution in [3.8, 4) is 11.3 Å². The molecule has 0 saturated carbocycles. The highest BCUT2D eigenvalue weighted by molar-refractivity contribution is 14.1. The van der Waals surface area contributed by atoms with Crippen molar-refractivity contribution in [1.29, 1.82) is 0 Å². The Bertz CT molecular complexity index is 1340. The molecule has 0 bridgehead atoms. The molecule has 0 radical (unpaired) electrons. The lowest BCUT2D eigenvalue weighted by atomic mass is 9.95. The fourth-order valence-corrected chi connectivity index (χ4v) is 4.25. The minimum atomic E-state index is -0.328. The van der Waals surface area contributed by atoms with Gasteiger partial charge in [-0.05, 0) is 59.0 Å². The molecular formula is C24H15ClFIN4. The molecule has 3 aromatic carbocycles. The Morgan fingerprint density at radius 3 is 2.58 bits per heavy atom. The predicted octanol–water partition coefficient (Wildman–Crippen LogP) is 6.64. The average molecular weight is 541 g/mol. The zero-order valence-electron chi connectivity index (χ0n) is 16.1. The molecule has 0 aliphatic carbocycles. The summed E-state index contributed by atoms with van der Waals surface area (Å²) in [5, 5.41) is 3.84. The highest BCUT2D eigenvalue weighted by Crippen LogP contribution is 2.34. The maximum atomic E-state index is 14.6. The standard InChI is InChI=1S/C24H15ClFIN4/c25-15-9-10-16-18(11-15)23(17-5-1-2-6-19(17)26)28-12-14-13-29-24(31-22(14)16)30-21-8-4-3-7-20(21)27/h1-11,13H,12H2,(H,29,30,31). The van der Waals surface area contributed by atoms with Gasteiger partial charge in [-0.2, -0.15) is 0 Å². The summed E-state index contributed by atoms with van der Waals surface area (Å²) in [6.45, 7) is 0.342.